The lowest BCUT2D eigenvalue weighted by atomic mass is 10.0. The molecule has 128 valence electrons. The lowest BCUT2D eigenvalue weighted by molar-refractivity contribution is -0.121. The second kappa shape index (κ2) is 7.26. The zero-order chi connectivity index (χ0) is 17.1. The Hall–Kier alpha value is -2.01. The number of aromatic amines is 1. The summed E-state index contributed by atoms with van der Waals surface area (Å²) in [5.41, 5.74) is 4.12. The first-order chi connectivity index (χ1) is 11.5. The Kier molecular flexibility index (Phi) is 5.09. The largest absolute Gasteiger partial charge is 0.493 e. The van der Waals surface area contributed by atoms with E-state index in [-0.39, 0.29) is 11.9 Å². The number of carbonyl (C=O) groups is 1. The summed E-state index contributed by atoms with van der Waals surface area (Å²) in [4.78, 5) is 12.4. The minimum atomic E-state index is -0.0289. The van der Waals surface area contributed by atoms with Crippen molar-refractivity contribution in [2.75, 3.05) is 6.61 Å². The number of aromatic nitrogens is 2. The summed E-state index contributed by atoms with van der Waals surface area (Å²) in [7, 11) is 0. The average Bonchev–Trinajstić information content (AvgIpc) is 2.75. The number of nitrogens with zero attached hydrogens (tertiary/aromatic N) is 1. The van der Waals surface area contributed by atoms with Crippen molar-refractivity contribution in [3.8, 4) is 5.75 Å². The van der Waals surface area contributed by atoms with Crippen LogP contribution in [0, 0.1) is 13.8 Å². The number of amides is 1. The van der Waals surface area contributed by atoms with Crippen LogP contribution in [0.1, 0.15) is 47.8 Å². The minimum Gasteiger partial charge on any atom is -0.493 e. The van der Waals surface area contributed by atoms with Gasteiger partial charge < -0.3 is 10.1 Å². The van der Waals surface area contributed by atoms with Gasteiger partial charge in [0.25, 0.3) is 0 Å². The van der Waals surface area contributed by atoms with E-state index in [0.717, 1.165) is 41.1 Å². The van der Waals surface area contributed by atoms with E-state index in [4.69, 9.17) is 16.3 Å². The van der Waals surface area contributed by atoms with Crippen LogP contribution in [0.3, 0.4) is 0 Å². The molecule has 2 aromatic rings. The number of nitrogens with one attached hydrogen (secondary N) is 2. The molecule has 1 amide bonds. The molecular weight excluding hydrogens is 326 g/mol. The number of aryl methyl sites for hydroxylation is 2. The molecule has 0 spiro atoms. The van der Waals surface area contributed by atoms with E-state index in [9.17, 15) is 4.79 Å². The number of hydrogen-bond acceptors (Lipinski definition) is 3. The van der Waals surface area contributed by atoms with Crippen LogP contribution in [-0.4, -0.2) is 22.7 Å². The molecule has 3 rings (SSSR count). The number of hydrogen-bond donors (Lipinski definition) is 2. The number of fused-ring (bicyclic) bond motifs is 1. The molecule has 0 bridgehead atoms. The third-order valence-corrected chi connectivity index (χ3v) is 4.70. The highest BCUT2D eigenvalue weighted by atomic mass is 35.5. The first-order valence-electron chi connectivity index (χ1n) is 8.26. The van der Waals surface area contributed by atoms with E-state index in [1.165, 1.54) is 0 Å². The monoisotopic (exact) mass is 347 g/mol. The summed E-state index contributed by atoms with van der Waals surface area (Å²) in [6, 6.07) is 5.57. The predicted molar refractivity (Wildman–Crippen MR) is 93.4 cm³/mol. The van der Waals surface area contributed by atoms with E-state index in [1.54, 1.807) is 0 Å². The van der Waals surface area contributed by atoms with Crippen LogP contribution in [-0.2, 0) is 11.2 Å². The molecule has 0 saturated heterocycles. The molecule has 0 aliphatic carbocycles. The van der Waals surface area contributed by atoms with Gasteiger partial charge in [0.15, 0.2) is 0 Å². The summed E-state index contributed by atoms with van der Waals surface area (Å²) < 4.78 is 5.74. The molecule has 2 N–H and O–H groups in total. The van der Waals surface area contributed by atoms with E-state index < -0.39 is 0 Å². The van der Waals surface area contributed by atoms with Crippen molar-refractivity contribution in [1.82, 2.24) is 15.5 Å². The van der Waals surface area contributed by atoms with Crippen molar-refractivity contribution >= 4 is 17.5 Å². The zero-order valence-corrected chi connectivity index (χ0v) is 14.7. The highest BCUT2D eigenvalue weighted by Crippen LogP contribution is 2.33. The van der Waals surface area contributed by atoms with E-state index >= 15 is 0 Å². The summed E-state index contributed by atoms with van der Waals surface area (Å²) in [6.45, 7) is 4.59. The molecule has 1 aromatic heterocycles. The summed E-state index contributed by atoms with van der Waals surface area (Å²) >= 11 is 6.04. The maximum Gasteiger partial charge on any atom is 0.220 e. The molecule has 6 heteroatoms. The van der Waals surface area contributed by atoms with Crippen molar-refractivity contribution in [2.24, 2.45) is 0 Å². The molecule has 0 fully saturated rings. The fraction of sp³-hybridized carbons (Fsp3) is 0.444. The van der Waals surface area contributed by atoms with Crippen LogP contribution < -0.4 is 10.1 Å². The predicted octanol–water partition coefficient (Wildman–Crippen LogP) is 3.64. The maximum atomic E-state index is 12.4. The fourth-order valence-electron chi connectivity index (χ4n) is 3.14. The van der Waals surface area contributed by atoms with Gasteiger partial charge in [-0.1, -0.05) is 17.7 Å². The first-order valence-corrected chi connectivity index (χ1v) is 8.64. The molecule has 2 heterocycles. The Labute approximate surface area is 146 Å². The molecule has 1 aliphatic heterocycles. The quantitative estimate of drug-likeness (QED) is 0.887. The Balaban J connectivity index is 1.66. The second-order valence-electron chi connectivity index (χ2n) is 6.21. The van der Waals surface area contributed by atoms with Gasteiger partial charge >= 0.3 is 0 Å². The van der Waals surface area contributed by atoms with Crippen LogP contribution in [0.25, 0.3) is 0 Å². The van der Waals surface area contributed by atoms with Gasteiger partial charge in [0, 0.05) is 22.7 Å². The second-order valence-corrected chi connectivity index (χ2v) is 6.64. The molecule has 1 atom stereocenters. The van der Waals surface area contributed by atoms with Crippen LogP contribution in [0.15, 0.2) is 18.2 Å². The molecule has 1 unspecified atom stereocenters. The van der Waals surface area contributed by atoms with Gasteiger partial charge in [-0.2, -0.15) is 5.10 Å². The zero-order valence-electron chi connectivity index (χ0n) is 14.0. The molecule has 0 saturated carbocycles. The van der Waals surface area contributed by atoms with E-state index in [1.807, 2.05) is 32.0 Å². The SMILES string of the molecule is Cc1n[nH]c(C)c1CCC(=O)NC1CCCOc2cc(Cl)ccc21. The average molecular weight is 348 g/mol. The Morgan fingerprint density at radius 2 is 2.29 bits per heavy atom. The topological polar surface area (TPSA) is 67.0 Å². The molecule has 1 aliphatic rings. The van der Waals surface area contributed by atoms with Gasteiger partial charge in [-0.25, -0.2) is 0 Å². The number of H-pyrrole nitrogens is 1. The van der Waals surface area contributed by atoms with E-state index in [2.05, 4.69) is 15.5 Å². The van der Waals surface area contributed by atoms with Gasteiger partial charge in [-0.15, -0.1) is 0 Å². The smallest absolute Gasteiger partial charge is 0.220 e. The standard InChI is InChI=1S/C18H22ClN3O2/c1-11-14(12(2)22-21-11)7-8-18(23)20-16-4-3-9-24-17-10-13(19)5-6-15(16)17/h5-6,10,16H,3-4,7-9H2,1-2H3,(H,20,23)(H,21,22). The maximum absolute atomic E-state index is 12.4. The molecule has 1 aromatic carbocycles. The van der Waals surface area contributed by atoms with Crippen molar-refractivity contribution in [3.05, 3.63) is 45.7 Å². The van der Waals surface area contributed by atoms with E-state index in [0.29, 0.717) is 24.5 Å². The number of benzene rings is 1. The number of rotatable bonds is 4. The van der Waals surface area contributed by atoms with Gasteiger partial charge in [-0.3, -0.25) is 9.89 Å². The molecule has 5 nitrogen and oxygen atoms in total. The van der Waals surface area contributed by atoms with Crippen molar-refractivity contribution < 1.29 is 9.53 Å². The first kappa shape index (κ1) is 16.8. The van der Waals surface area contributed by atoms with Crippen LogP contribution in [0.4, 0.5) is 0 Å². The Morgan fingerprint density at radius 1 is 1.46 bits per heavy atom. The van der Waals surface area contributed by atoms with Crippen molar-refractivity contribution in [3.63, 3.8) is 0 Å². The highest BCUT2D eigenvalue weighted by molar-refractivity contribution is 6.30. The van der Waals surface area contributed by atoms with Gasteiger partial charge in [0.2, 0.25) is 5.91 Å². The Bertz CT molecular complexity index is 722. The molecule has 24 heavy (non-hydrogen) atoms. The third kappa shape index (κ3) is 3.73. The lowest BCUT2D eigenvalue weighted by Crippen LogP contribution is -2.28. The highest BCUT2D eigenvalue weighted by Gasteiger charge is 2.22. The minimum absolute atomic E-state index is 0.0289. The summed E-state index contributed by atoms with van der Waals surface area (Å²) in [6.07, 6.45) is 2.90. The summed E-state index contributed by atoms with van der Waals surface area (Å²) in [5.74, 6) is 0.814. The number of halogens is 1. The normalized spacial score (nSPS) is 16.9. The van der Waals surface area contributed by atoms with Gasteiger partial charge in [-0.05, 0) is 50.8 Å². The molecule has 0 radical (unpaired) electrons. The van der Waals surface area contributed by atoms with Gasteiger partial charge in [0.05, 0.1) is 18.3 Å². The van der Waals surface area contributed by atoms with Crippen LogP contribution >= 0.6 is 11.6 Å². The number of carbonyl (C=O) groups excluding carboxylic acids is 1. The van der Waals surface area contributed by atoms with Gasteiger partial charge in [0.1, 0.15) is 5.75 Å². The van der Waals surface area contributed by atoms with Crippen molar-refractivity contribution in [2.45, 2.75) is 45.6 Å². The number of ether oxygens (including phenoxy) is 1. The Morgan fingerprint density at radius 3 is 3.04 bits per heavy atom. The third-order valence-electron chi connectivity index (χ3n) is 4.46. The van der Waals surface area contributed by atoms with Crippen LogP contribution in [0.2, 0.25) is 5.02 Å². The lowest BCUT2D eigenvalue weighted by Gasteiger charge is -2.18. The fourth-order valence-corrected chi connectivity index (χ4v) is 3.31. The molecular formula is C18H22ClN3O2. The van der Waals surface area contributed by atoms with Crippen LogP contribution in [0.5, 0.6) is 5.75 Å². The summed E-state index contributed by atoms with van der Waals surface area (Å²) in [5, 5.41) is 10.9. The van der Waals surface area contributed by atoms with Crippen molar-refractivity contribution in [1.29, 1.82) is 0 Å².